The Morgan fingerprint density at radius 1 is 1.00 bits per heavy atom. The van der Waals surface area contributed by atoms with Gasteiger partial charge < -0.3 is 10.2 Å². The van der Waals surface area contributed by atoms with E-state index in [1.807, 2.05) is 17.8 Å². The van der Waals surface area contributed by atoms with Crippen molar-refractivity contribution in [2.24, 2.45) is 0 Å². The zero-order valence-corrected chi connectivity index (χ0v) is 16.6. The van der Waals surface area contributed by atoms with E-state index in [0.717, 1.165) is 67.7 Å². The van der Waals surface area contributed by atoms with E-state index in [1.54, 1.807) is 12.4 Å². The molecule has 8 heteroatoms. The Hall–Kier alpha value is -1.93. The van der Waals surface area contributed by atoms with Crippen LogP contribution in [0, 0.1) is 11.6 Å². The van der Waals surface area contributed by atoms with Crippen LogP contribution in [0.5, 0.6) is 0 Å². The number of piperidine rings is 1. The minimum absolute atomic E-state index is 0.362. The van der Waals surface area contributed by atoms with Crippen LogP contribution in [0.15, 0.2) is 30.6 Å². The van der Waals surface area contributed by atoms with Crippen molar-refractivity contribution >= 4 is 23.4 Å². The van der Waals surface area contributed by atoms with Crippen LogP contribution in [-0.4, -0.2) is 58.6 Å². The van der Waals surface area contributed by atoms with Gasteiger partial charge in [0.25, 0.3) is 0 Å². The fourth-order valence-corrected chi connectivity index (χ4v) is 4.64. The summed E-state index contributed by atoms with van der Waals surface area (Å²) in [4.78, 5) is 13.4. The molecule has 0 bridgehead atoms. The third kappa shape index (κ3) is 4.91. The molecule has 1 aromatic carbocycles. The largest absolute Gasteiger partial charge is 0.367 e. The number of hydrogen-bond acceptors (Lipinski definition) is 6. The topological polar surface area (TPSA) is 44.3 Å². The van der Waals surface area contributed by atoms with Gasteiger partial charge in [0.1, 0.15) is 18.0 Å². The molecule has 2 aliphatic heterocycles. The lowest BCUT2D eigenvalue weighted by Crippen LogP contribution is -2.39. The van der Waals surface area contributed by atoms with Crippen molar-refractivity contribution < 1.29 is 8.78 Å². The third-order valence-electron chi connectivity index (χ3n) is 5.32. The molecular formula is C20H25F2N5S. The van der Waals surface area contributed by atoms with E-state index >= 15 is 0 Å². The van der Waals surface area contributed by atoms with Gasteiger partial charge in [-0.3, -0.25) is 4.90 Å². The Morgan fingerprint density at radius 3 is 2.54 bits per heavy atom. The monoisotopic (exact) mass is 405 g/mol. The average Bonchev–Trinajstić information content (AvgIpc) is 2.73. The maximum absolute atomic E-state index is 13.4. The van der Waals surface area contributed by atoms with Crippen LogP contribution in [0.1, 0.15) is 18.4 Å². The predicted octanol–water partition coefficient (Wildman–Crippen LogP) is 3.38. The summed E-state index contributed by atoms with van der Waals surface area (Å²) in [5.41, 5.74) is 0.811. The lowest BCUT2D eigenvalue weighted by molar-refractivity contribution is 0.211. The van der Waals surface area contributed by atoms with Crippen molar-refractivity contribution in [3.63, 3.8) is 0 Å². The average molecular weight is 406 g/mol. The van der Waals surface area contributed by atoms with Crippen LogP contribution in [-0.2, 0) is 6.54 Å². The summed E-state index contributed by atoms with van der Waals surface area (Å²) in [6.45, 7) is 4.54. The number of nitrogens with zero attached hydrogens (tertiary/aromatic N) is 4. The first-order chi connectivity index (χ1) is 13.7. The summed E-state index contributed by atoms with van der Waals surface area (Å²) < 4.78 is 26.5. The highest BCUT2D eigenvalue weighted by Crippen LogP contribution is 2.22. The Labute approximate surface area is 168 Å². The van der Waals surface area contributed by atoms with Gasteiger partial charge in [0.05, 0.1) is 0 Å². The van der Waals surface area contributed by atoms with Crippen molar-refractivity contribution in [2.75, 3.05) is 47.9 Å². The molecule has 150 valence electrons. The number of rotatable bonds is 5. The molecule has 2 fully saturated rings. The number of nitrogens with one attached hydrogen (secondary N) is 1. The highest BCUT2D eigenvalue weighted by atomic mass is 32.2. The minimum Gasteiger partial charge on any atom is -0.367 e. The normalized spacial score (nSPS) is 19.0. The maximum Gasteiger partial charge on any atom is 0.159 e. The van der Waals surface area contributed by atoms with Gasteiger partial charge in [-0.2, -0.15) is 11.8 Å². The van der Waals surface area contributed by atoms with Crippen LogP contribution in [0.3, 0.4) is 0 Å². The molecule has 2 aliphatic rings. The molecule has 0 saturated carbocycles. The molecule has 0 radical (unpaired) electrons. The second-order valence-electron chi connectivity index (χ2n) is 7.30. The van der Waals surface area contributed by atoms with E-state index in [0.29, 0.717) is 12.6 Å². The molecule has 0 spiro atoms. The molecule has 0 atom stereocenters. The first-order valence-corrected chi connectivity index (χ1v) is 10.9. The molecule has 2 saturated heterocycles. The van der Waals surface area contributed by atoms with Gasteiger partial charge in [0.15, 0.2) is 11.6 Å². The zero-order valence-electron chi connectivity index (χ0n) is 15.8. The lowest BCUT2D eigenvalue weighted by atomic mass is 10.0. The molecule has 3 heterocycles. The van der Waals surface area contributed by atoms with E-state index in [-0.39, 0.29) is 0 Å². The smallest absolute Gasteiger partial charge is 0.159 e. The van der Waals surface area contributed by atoms with Crippen molar-refractivity contribution in [1.29, 1.82) is 0 Å². The standard InChI is InChI=1S/C20H25F2N5S/c21-17-2-1-15(11-18(17)22)13-26-5-3-16(4-6-26)25-19-12-20(24-14-23-19)27-7-9-28-10-8-27/h1-2,11-12,14,16H,3-10,13H2,(H,23,24,25). The number of thioether (sulfide) groups is 1. The highest BCUT2D eigenvalue weighted by Gasteiger charge is 2.20. The summed E-state index contributed by atoms with van der Waals surface area (Å²) in [6.07, 6.45) is 3.62. The van der Waals surface area contributed by atoms with Crippen LogP contribution < -0.4 is 10.2 Å². The Morgan fingerprint density at radius 2 is 1.79 bits per heavy atom. The number of halogens is 2. The van der Waals surface area contributed by atoms with Gasteiger partial charge in [0, 0.05) is 56.3 Å². The molecule has 28 heavy (non-hydrogen) atoms. The van der Waals surface area contributed by atoms with Gasteiger partial charge in [-0.05, 0) is 30.5 Å². The van der Waals surface area contributed by atoms with Gasteiger partial charge in [-0.1, -0.05) is 6.07 Å². The lowest BCUT2D eigenvalue weighted by Gasteiger charge is -2.33. The number of aromatic nitrogens is 2. The number of benzene rings is 1. The van der Waals surface area contributed by atoms with Crippen LogP contribution >= 0.6 is 11.8 Å². The third-order valence-corrected chi connectivity index (χ3v) is 6.26. The summed E-state index contributed by atoms with van der Waals surface area (Å²) >= 11 is 1.98. The van der Waals surface area contributed by atoms with E-state index in [9.17, 15) is 8.78 Å². The highest BCUT2D eigenvalue weighted by molar-refractivity contribution is 7.99. The molecule has 2 aromatic rings. The summed E-state index contributed by atoms with van der Waals surface area (Å²) in [6, 6.07) is 6.56. The Kier molecular flexibility index (Phi) is 6.26. The molecule has 0 aliphatic carbocycles. The van der Waals surface area contributed by atoms with Crippen molar-refractivity contribution in [2.45, 2.75) is 25.4 Å². The zero-order chi connectivity index (χ0) is 19.3. The van der Waals surface area contributed by atoms with Gasteiger partial charge >= 0.3 is 0 Å². The molecule has 1 N–H and O–H groups in total. The number of hydrogen-bond donors (Lipinski definition) is 1. The SMILES string of the molecule is Fc1ccc(CN2CCC(Nc3cc(N4CCSCC4)ncn3)CC2)cc1F. The molecule has 0 unspecified atom stereocenters. The van der Waals surface area contributed by atoms with Gasteiger partial charge in [-0.15, -0.1) is 0 Å². The van der Waals surface area contributed by atoms with Crippen molar-refractivity contribution in [3.05, 3.63) is 47.8 Å². The van der Waals surface area contributed by atoms with Gasteiger partial charge in [-0.25, -0.2) is 18.7 Å². The second-order valence-corrected chi connectivity index (χ2v) is 8.53. The molecule has 1 aromatic heterocycles. The fraction of sp³-hybridized carbons (Fsp3) is 0.500. The van der Waals surface area contributed by atoms with E-state index in [4.69, 9.17) is 0 Å². The summed E-state index contributed by atoms with van der Waals surface area (Å²) in [5, 5.41) is 3.54. The molecular weight excluding hydrogens is 380 g/mol. The van der Waals surface area contributed by atoms with Crippen LogP contribution in [0.2, 0.25) is 0 Å². The van der Waals surface area contributed by atoms with Crippen molar-refractivity contribution in [3.8, 4) is 0 Å². The Bertz CT molecular complexity index is 792. The molecule has 4 rings (SSSR count). The first-order valence-electron chi connectivity index (χ1n) is 9.75. The minimum atomic E-state index is -0.792. The predicted molar refractivity (Wildman–Crippen MR) is 110 cm³/mol. The molecule has 5 nitrogen and oxygen atoms in total. The summed E-state index contributed by atoms with van der Waals surface area (Å²) in [7, 11) is 0. The first kappa shape index (κ1) is 19.4. The van der Waals surface area contributed by atoms with Crippen molar-refractivity contribution in [1.82, 2.24) is 14.9 Å². The molecule has 0 amide bonds. The van der Waals surface area contributed by atoms with E-state index < -0.39 is 11.6 Å². The Balaban J connectivity index is 1.29. The van der Waals surface area contributed by atoms with E-state index in [2.05, 4.69) is 25.1 Å². The van der Waals surface area contributed by atoms with Gasteiger partial charge in [0.2, 0.25) is 0 Å². The van der Waals surface area contributed by atoms with E-state index in [1.165, 1.54) is 12.1 Å². The quantitative estimate of drug-likeness (QED) is 0.823. The number of likely N-dealkylation sites (tertiary alicyclic amines) is 1. The van der Waals surface area contributed by atoms with Crippen LogP contribution in [0.4, 0.5) is 20.4 Å². The fourth-order valence-electron chi connectivity index (χ4n) is 3.73. The maximum atomic E-state index is 13.4. The summed E-state index contributed by atoms with van der Waals surface area (Å²) in [5.74, 6) is 2.59. The number of anilines is 2. The second kappa shape index (κ2) is 9.05. The van der Waals surface area contributed by atoms with Crippen LogP contribution in [0.25, 0.3) is 0 Å².